The molecule has 3 fully saturated rings. The molecule has 14 heteroatoms. The lowest BCUT2D eigenvalue weighted by atomic mass is 9.97. The summed E-state index contributed by atoms with van der Waals surface area (Å²) < 4.78 is 0. The van der Waals surface area contributed by atoms with E-state index in [0.29, 0.717) is 22.9 Å². The normalized spacial score (nSPS) is 22.2. The zero-order valence-corrected chi connectivity index (χ0v) is 28.4. The first-order valence-corrected chi connectivity index (χ1v) is 17.9. The number of nitrogens with zero attached hydrogens (tertiary/aromatic N) is 6. The van der Waals surface area contributed by atoms with Crippen molar-refractivity contribution in [3.63, 3.8) is 0 Å². The van der Waals surface area contributed by atoms with Gasteiger partial charge in [-0.25, -0.2) is 9.97 Å². The maximum absolute atomic E-state index is 13.3. The molecule has 5 amide bonds. The van der Waals surface area contributed by atoms with Crippen LogP contribution >= 0.6 is 0 Å². The van der Waals surface area contributed by atoms with Crippen LogP contribution in [0.3, 0.4) is 0 Å². The van der Waals surface area contributed by atoms with E-state index in [1.807, 2.05) is 12.1 Å². The number of nitrogens with two attached hydrogens (primary N) is 1. The molecule has 0 spiro atoms. The second kappa shape index (κ2) is 13.4. The molecule has 51 heavy (non-hydrogen) atoms. The van der Waals surface area contributed by atoms with Gasteiger partial charge >= 0.3 is 0 Å². The van der Waals surface area contributed by atoms with Gasteiger partial charge in [0.25, 0.3) is 17.7 Å². The van der Waals surface area contributed by atoms with Crippen molar-refractivity contribution in [2.24, 2.45) is 11.7 Å². The number of imide groups is 2. The Labute approximate surface area is 295 Å². The zero-order valence-electron chi connectivity index (χ0n) is 28.4. The summed E-state index contributed by atoms with van der Waals surface area (Å²) in [5.74, 6) is -1.03. The molecule has 0 bridgehead atoms. The van der Waals surface area contributed by atoms with E-state index >= 15 is 0 Å². The van der Waals surface area contributed by atoms with E-state index in [9.17, 15) is 24.0 Å². The number of piperidine rings is 2. The number of hydrogen-bond acceptors (Lipinski definition) is 11. The first kappa shape index (κ1) is 32.8. The maximum atomic E-state index is 13.3. The fraction of sp³-hybridized carbons (Fsp3) is 0.432. The second-order valence-electron chi connectivity index (χ2n) is 14.2. The van der Waals surface area contributed by atoms with Crippen molar-refractivity contribution in [1.29, 1.82) is 0 Å². The summed E-state index contributed by atoms with van der Waals surface area (Å²) in [6, 6.07) is 10.6. The monoisotopic (exact) mass is 691 g/mol. The third kappa shape index (κ3) is 6.39. The number of benzene rings is 2. The molecule has 4 N–H and O–H groups in total. The summed E-state index contributed by atoms with van der Waals surface area (Å²) in [6.45, 7) is 6.23. The summed E-state index contributed by atoms with van der Waals surface area (Å²) in [4.78, 5) is 79.8. The zero-order chi connectivity index (χ0) is 35.2. The molecule has 5 aliphatic rings. The van der Waals surface area contributed by atoms with E-state index in [0.717, 1.165) is 93.6 Å². The number of hydrogen-bond donors (Lipinski definition) is 3. The Morgan fingerprint density at radius 3 is 2.51 bits per heavy atom. The summed E-state index contributed by atoms with van der Waals surface area (Å²) in [5, 5.41) is 5.57. The molecule has 1 aromatic heterocycles. The van der Waals surface area contributed by atoms with E-state index in [1.54, 1.807) is 18.3 Å². The molecule has 0 radical (unpaired) electrons. The first-order chi connectivity index (χ1) is 24.7. The van der Waals surface area contributed by atoms with Gasteiger partial charge in [0, 0.05) is 63.6 Å². The fourth-order valence-corrected chi connectivity index (χ4v) is 8.14. The van der Waals surface area contributed by atoms with Crippen molar-refractivity contribution < 1.29 is 24.0 Å². The van der Waals surface area contributed by atoms with Crippen molar-refractivity contribution in [3.05, 3.63) is 70.5 Å². The third-order valence-corrected chi connectivity index (χ3v) is 10.8. The smallest absolute Gasteiger partial charge is 0.271 e. The van der Waals surface area contributed by atoms with Crippen LogP contribution in [-0.2, 0) is 22.6 Å². The quantitative estimate of drug-likeness (QED) is 0.296. The maximum Gasteiger partial charge on any atom is 0.271 e. The van der Waals surface area contributed by atoms with Crippen LogP contribution in [0.5, 0.6) is 0 Å². The number of anilines is 4. The molecule has 2 atom stereocenters. The minimum Gasteiger partial charge on any atom is -0.371 e. The summed E-state index contributed by atoms with van der Waals surface area (Å²) in [5.41, 5.74) is 10.6. The number of fused-ring (bicyclic) bond motifs is 2. The SMILES string of the molecule is NC(=O)c1ncc(N2CCCCC2)nc1Nc1ccc2c(c1)CCN(C[C@H]1CCN(c3ccc4c(c3)C(=O)N(C3CCC(=O)NC3=O)C4=O)C1)C2. The average molecular weight is 692 g/mol. The van der Waals surface area contributed by atoms with E-state index in [2.05, 4.69) is 42.5 Å². The van der Waals surface area contributed by atoms with Crippen LogP contribution in [0.1, 0.15) is 80.9 Å². The Bertz CT molecular complexity index is 1940. The van der Waals surface area contributed by atoms with E-state index in [-0.39, 0.29) is 18.5 Å². The minimum atomic E-state index is -0.974. The van der Waals surface area contributed by atoms with E-state index in [1.165, 1.54) is 17.5 Å². The minimum absolute atomic E-state index is 0.0911. The third-order valence-electron chi connectivity index (χ3n) is 10.8. The van der Waals surface area contributed by atoms with Gasteiger partial charge in [0.05, 0.1) is 17.3 Å². The second-order valence-corrected chi connectivity index (χ2v) is 14.2. The number of rotatable bonds is 8. The molecule has 6 heterocycles. The lowest BCUT2D eigenvalue weighted by Crippen LogP contribution is -2.54. The van der Waals surface area contributed by atoms with E-state index < -0.39 is 35.6 Å². The molecular weight excluding hydrogens is 650 g/mol. The fourth-order valence-electron chi connectivity index (χ4n) is 8.14. The van der Waals surface area contributed by atoms with Crippen LogP contribution in [-0.4, -0.2) is 94.6 Å². The van der Waals surface area contributed by atoms with Crippen molar-refractivity contribution in [1.82, 2.24) is 25.1 Å². The number of aromatic nitrogens is 2. The number of primary amides is 1. The molecular formula is C37H41N9O5. The largest absolute Gasteiger partial charge is 0.371 e. The topological polar surface area (TPSA) is 174 Å². The van der Waals surface area contributed by atoms with Crippen LogP contribution in [0.15, 0.2) is 42.6 Å². The van der Waals surface area contributed by atoms with Gasteiger partial charge in [-0.3, -0.25) is 39.1 Å². The summed E-state index contributed by atoms with van der Waals surface area (Å²) >= 11 is 0. The van der Waals surface area contributed by atoms with Crippen LogP contribution in [0.4, 0.5) is 23.0 Å². The van der Waals surface area contributed by atoms with Crippen molar-refractivity contribution in [3.8, 4) is 0 Å². The summed E-state index contributed by atoms with van der Waals surface area (Å²) in [7, 11) is 0. The molecule has 3 aromatic rings. The number of carbonyl (C=O) groups excluding carboxylic acids is 5. The lowest BCUT2D eigenvalue weighted by molar-refractivity contribution is -0.136. The van der Waals surface area contributed by atoms with Gasteiger partial charge in [0.2, 0.25) is 11.8 Å². The molecule has 3 saturated heterocycles. The Morgan fingerprint density at radius 2 is 1.71 bits per heavy atom. The first-order valence-electron chi connectivity index (χ1n) is 17.9. The number of nitrogens with one attached hydrogen (secondary N) is 2. The average Bonchev–Trinajstić information content (AvgIpc) is 3.70. The highest BCUT2D eigenvalue weighted by Gasteiger charge is 2.45. The standard InChI is InChI=1S/C37H41N9O5/c38-33(48)32-34(41-30(18-39-32)44-12-2-1-3-13-44)40-25-5-4-24-21-43(14-11-23(24)16-25)19-22-10-15-45(20-22)26-6-7-27-28(17-26)37(51)46(36(27)50)29-8-9-31(47)42-35(29)49/h4-7,16-18,22,29H,1-3,8-15,19-21H2,(H2,38,48)(H,40,41)(H,42,47,49)/t22-,29?/m1/s1. The molecule has 2 aromatic carbocycles. The van der Waals surface area contributed by atoms with Crippen LogP contribution in [0.25, 0.3) is 0 Å². The lowest BCUT2D eigenvalue weighted by Gasteiger charge is -2.31. The molecule has 0 saturated carbocycles. The van der Waals surface area contributed by atoms with Crippen molar-refractivity contribution >= 4 is 52.5 Å². The van der Waals surface area contributed by atoms with Crippen LogP contribution in [0, 0.1) is 5.92 Å². The molecule has 0 aliphatic carbocycles. The van der Waals surface area contributed by atoms with Crippen LogP contribution < -0.4 is 26.2 Å². The summed E-state index contributed by atoms with van der Waals surface area (Å²) in [6.07, 6.45) is 7.19. The molecule has 5 aliphatic heterocycles. The highest BCUT2D eigenvalue weighted by atomic mass is 16.2. The van der Waals surface area contributed by atoms with Gasteiger partial charge in [-0.15, -0.1) is 0 Å². The van der Waals surface area contributed by atoms with Gasteiger partial charge in [0.15, 0.2) is 11.5 Å². The van der Waals surface area contributed by atoms with Gasteiger partial charge in [-0.05, 0) is 85.9 Å². The van der Waals surface area contributed by atoms with Crippen molar-refractivity contribution in [2.75, 3.05) is 54.4 Å². The molecule has 264 valence electrons. The van der Waals surface area contributed by atoms with Crippen LogP contribution in [0.2, 0.25) is 0 Å². The molecule has 14 nitrogen and oxygen atoms in total. The predicted molar refractivity (Wildman–Crippen MR) is 189 cm³/mol. The highest BCUT2D eigenvalue weighted by Crippen LogP contribution is 2.34. The highest BCUT2D eigenvalue weighted by molar-refractivity contribution is 6.23. The number of amides is 5. The van der Waals surface area contributed by atoms with Gasteiger partial charge in [-0.1, -0.05) is 6.07 Å². The van der Waals surface area contributed by atoms with Gasteiger partial charge < -0.3 is 20.9 Å². The Hall–Kier alpha value is -5.37. The molecule has 1 unspecified atom stereocenters. The van der Waals surface area contributed by atoms with Gasteiger partial charge in [-0.2, -0.15) is 0 Å². The number of carbonyl (C=O) groups is 5. The predicted octanol–water partition coefficient (Wildman–Crippen LogP) is 2.60. The Morgan fingerprint density at radius 1 is 0.882 bits per heavy atom. The van der Waals surface area contributed by atoms with Gasteiger partial charge in [0.1, 0.15) is 11.9 Å². The molecule has 8 rings (SSSR count). The van der Waals surface area contributed by atoms with Crippen molar-refractivity contribution in [2.45, 2.75) is 57.5 Å². The van der Waals surface area contributed by atoms with E-state index in [4.69, 9.17) is 10.7 Å². The Kier molecular flexibility index (Phi) is 8.62. The Balaban J connectivity index is 0.890.